The fraction of sp³-hybridized carbons (Fsp3) is 0. The fourth-order valence-corrected chi connectivity index (χ4v) is 5.56. The van der Waals surface area contributed by atoms with Gasteiger partial charge in [-0.3, -0.25) is 0 Å². The van der Waals surface area contributed by atoms with Crippen LogP contribution in [0.5, 0.6) is 0 Å². The smallest absolute Gasteiger partial charge is 0.116 e. The van der Waals surface area contributed by atoms with Crippen molar-refractivity contribution in [2.45, 2.75) is 0 Å². The second-order valence-corrected chi connectivity index (χ2v) is 7.64. The van der Waals surface area contributed by atoms with Gasteiger partial charge in [-0.2, -0.15) is 0 Å². The lowest BCUT2D eigenvalue weighted by Gasteiger charge is -2.12. The summed E-state index contributed by atoms with van der Waals surface area (Å²) in [5.74, 6) is 0. The molecule has 0 saturated heterocycles. The van der Waals surface area contributed by atoms with E-state index in [1.54, 1.807) is 6.33 Å². The van der Waals surface area contributed by atoms with Gasteiger partial charge in [-0.25, -0.2) is 9.97 Å². The van der Waals surface area contributed by atoms with Gasteiger partial charge in [0.05, 0.1) is 28.3 Å². The fourth-order valence-electron chi connectivity index (χ4n) is 4.59. The molecule has 0 atom stereocenters. The van der Waals surface area contributed by atoms with Crippen molar-refractivity contribution in [3.05, 3.63) is 66.4 Å². The second kappa shape index (κ2) is 4.29. The van der Waals surface area contributed by atoms with E-state index >= 15 is 0 Å². The summed E-state index contributed by atoms with van der Waals surface area (Å²) in [6.07, 6.45) is 3.59. The molecule has 0 aliphatic heterocycles. The Labute approximate surface area is 151 Å². The molecule has 0 unspecified atom stereocenters. The summed E-state index contributed by atoms with van der Waals surface area (Å²) in [6, 6.07) is 17.5. The normalized spacial score (nSPS) is 12.6. The van der Waals surface area contributed by atoms with Crippen LogP contribution in [0.1, 0.15) is 0 Å². The lowest BCUT2D eigenvalue weighted by Crippen LogP contribution is -1.95. The van der Waals surface area contributed by atoms with Crippen LogP contribution in [0.3, 0.4) is 0 Å². The summed E-state index contributed by atoms with van der Waals surface area (Å²) in [7, 11) is 0. The SMILES string of the molecule is c1cc2c3ccsc3c3c4ccccc4n4c5cncnc5c(c1)c2c34. The first-order valence-corrected chi connectivity index (χ1v) is 9.47. The highest BCUT2D eigenvalue weighted by molar-refractivity contribution is 7.18. The molecule has 3 aromatic carbocycles. The zero-order chi connectivity index (χ0) is 16.8. The van der Waals surface area contributed by atoms with Crippen LogP contribution in [0.15, 0.2) is 66.4 Å². The van der Waals surface area contributed by atoms with Gasteiger partial charge in [0.1, 0.15) is 6.33 Å². The third-order valence-electron chi connectivity index (χ3n) is 5.55. The van der Waals surface area contributed by atoms with Crippen LogP contribution in [-0.2, 0) is 0 Å². The molecule has 0 aliphatic carbocycles. The molecular formula is C22H11N3S. The van der Waals surface area contributed by atoms with E-state index in [-0.39, 0.29) is 0 Å². The predicted octanol–water partition coefficient (Wildman–Crippen LogP) is 5.99. The molecule has 3 nitrogen and oxygen atoms in total. The number of hydrogen-bond donors (Lipinski definition) is 0. The van der Waals surface area contributed by atoms with Crippen molar-refractivity contribution in [1.82, 2.24) is 14.4 Å². The molecule has 4 aromatic heterocycles. The monoisotopic (exact) mass is 349 g/mol. The molecular weight excluding hydrogens is 338 g/mol. The third kappa shape index (κ3) is 1.31. The van der Waals surface area contributed by atoms with Gasteiger partial charge in [-0.1, -0.05) is 36.4 Å². The van der Waals surface area contributed by atoms with Crippen LogP contribution in [0, 0.1) is 0 Å². The van der Waals surface area contributed by atoms with Gasteiger partial charge in [-0.15, -0.1) is 11.3 Å². The van der Waals surface area contributed by atoms with Crippen LogP contribution in [0.4, 0.5) is 0 Å². The van der Waals surface area contributed by atoms with Crippen LogP contribution < -0.4 is 0 Å². The average Bonchev–Trinajstić information content (AvgIpc) is 3.31. The van der Waals surface area contributed by atoms with E-state index in [2.05, 4.69) is 68.3 Å². The number of pyridine rings is 1. The van der Waals surface area contributed by atoms with Crippen molar-refractivity contribution in [1.29, 1.82) is 0 Å². The van der Waals surface area contributed by atoms with Crippen molar-refractivity contribution in [2.75, 3.05) is 0 Å². The van der Waals surface area contributed by atoms with E-state index in [1.807, 2.05) is 17.5 Å². The number of fused-ring (bicyclic) bond motifs is 9. The minimum absolute atomic E-state index is 1.01. The first kappa shape index (κ1) is 13.0. The molecule has 0 aliphatic rings. The molecule has 0 spiro atoms. The van der Waals surface area contributed by atoms with Crippen molar-refractivity contribution in [3.8, 4) is 0 Å². The lowest BCUT2D eigenvalue weighted by atomic mass is 9.98. The summed E-state index contributed by atoms with van der Waals surface area (Å²) in [5, 5.41) is 9.99. The molecule has 7 rings (SSSR count). The van der Waals surface area contributed by atoms with E-state index in [4.69, 9.17) is 0 Å². The standard InChI is InChI=1S/C22H11N3S/c1-2-7-16-14(4-1)19-21-18-12(13-8-9-26-22(13)19)5-3-6-15(18)20-17(25(16)21)10-23-11-24-20/h1-11H. The van der Waals surface area contributed by atoms with Gasteiger partial charge < -0.3 is 4.40 Å². The molecule has 4 heteroatoms. The Hall–Kier alpha value is -3.24. The zero-order valence-electron chi connectivity index (χ0n) is 13.6. The highest BCUT2D eigenvalue weighted by Crippen LogP contribution is 2.46. The Morgan fingerprint density at radius 1 is 0.769 bits per heavy atom. The highest BCUT2D eigenvalue weighted by Gasteiger charge is 2.21. The quantitative estimate of drug-likeness (QED) is 0.248. The lowest BCUT2D eigenvalue weighted by molar-refractivity contribution is 1.19. The van der Waals surface area contributed by atoms with Crippen molar-refractivity contribution in [3.63, 3.8) is 0 Å². The predicted molar refractivity (Wildman–Crippen MR) is 110 cm³/mol. The zero-order valence-corrected chi connectivity index (χ0v) is 14.4. The Kier molecular flexibility index (Phi) is 2.15. The van der Waals surface area contributed by atoms with Gasteiger partial charge in [0.15, 0.2) is 0 Å². The number of hydrogen-bond acceptors (Lipinski definition) is 3. The first-order valence-electron chi connectivity index (χ1n) is 8.59. The van der Waals surface area contributed by atoms with Crippen molar-refractivity contribution < 1.29 is 0 Å². The second-order valence-electron chi connectivity index (χ2n) is 6.72. The molecule has 0 bridgehead atoms. The maximum Gasteiger partial charge on any atom is 0.116 e. The summed E-state index contributed by atoms with van der Waals surface area (Å²) in [5.41, 5.74) is 4.58. The van der Waals surface area contributed by atoms with Gasteiger partial charge in [0.25, 0.3) is 0 Å². The van der Waals surface area contributed by atoms with E-state index in [0.717, 1.165) is 11.0 Å². The molecule has 0 N–H and O–H groups in total. The summed E-state index contributed by atoms with van der Waals surface area (Å²) in [6.45, 7) is 0. The van der Waals surface area contributed by atoms with Crippen molar-refractivity contribution in [2.24, 2.45) is 0 Å². The molecule has 0 radical (unpaired) electrons. The van der Waals surface area contributed by atoms with Crippen molar-refractivity contribution >= 4 is 70.4 Å². The van der Waals surface area contributed by atoms with Crippen LogP contribution in [0.2, 0.25) is 0 Å². The third-order valence-corrected chi connectivity index (χ3v) is 6.48. The topological polar surface area (TPSA) is 30.2 Å². The Morgan fingerprint density at radius 2 is 1.65 bits per heavy atom. The van der Waals surface area contributed by atoms with Crippen LogP contribution >= 0.6 is 11.3 Å². The molecule has 120 valence electrons. The van der Waals surface area contributed by atoms with E-state index < -0.39 is 0 Å². The number of thiophene rings is 1. The Balaban J connectivity index is 2.08. The molecule has 0 saturated carbocycles. The Morgan fingerprint density at radius 3 is 2.65 bits per heavy atom. The summed E-state index contributed by atoms with van der Waals surface area (Å²) >= 11 is 1.83. The first-order chi connectivity index (χ1) is 12.9. The number of nitrogens with zero attached hydrogens (tertiary/aromatic N) is 3. The number of aromatic nitrogens is 3. The van der Waals surface area contributed by atoms with Crippen LogP contribution in [-0.4, -0.2) is 14.4 Å². The van der Waals surface area contributed by atoms with Gasteiger partial charge >= 0.3 is 0 Å². The maximum absolute atomic E-state index is 4.66. The largest absolute Gasteiger partial charge is 0.305 e. The van der Waals surface area contributed by atoms with E-state index in [0.29, 0.717) is 0 Å². The molecule has 0 amide bonds. The summed E-state index contributed by atoms with van der Waals surface area (Å²) < 4.78 is 3.72. The molecule has 0 fully saturated rings. The van der Waals surface area contributed by atoms with E-state index in [9.17, 15) is 0 Å². The minimum atomic E-state index is 1.01. The molecule has 26 heavy (non-hydrogen) atoms. The number of benzene rings is 3. The van der Waals surface area contributed by atoms with Crippen LogP contribution in [0.25, 0.3) is 59.1 Å². The van der Waals surface area contributed by atoms with Gasteiger partial charge in [0, 0.05) is 31.6 Å². The number of rotatable bonds is 0. The Bertz CT molecular complexity index is 1610. The summed E-state index contributed by atoms with van der Waals surface area (Å²) in [4.78, 5) is 8.99. The molecule has 4 heterocycles. The highest BCUT2D eigenvalue weighted by atomic mass is 32.1. The van der Waals surface area contributed by atoms with E-state index in [1.165, 1.54) is 48.1 Å². The average molecular weight is 349 g/mol. The van der Waals surface area contributed by atoms with Gasteiger partial charge in [0.2, 0.25) is 0 Å². The molecule has 7 aromatic rings. The number of para-hydroxylation sites is 1. The minimum Gasteiger partial charge on any atom is -0.305 e. The maximum atomic E-state index is 4.66. The van der Waals surface area contributed by atoms with Gasteiger partial charge in [-0.05, 0) is 22.9 Å².